The molecule has 0 radical (unpaired) electrons. The maximum Gasteiger partial charge on any atom is 0.0257 e. The second kappa shape index (κ2) is 29.2. The molecule has 0 amide bonds. The topological polar surface area (TPSA) is 24.1 Å². The van der Waals surface area contributed by atoms with Crippen molar-refractivity contribution in [3.8, 4) is 12.3 Å². The first kappa shape index (κ1) is 20.5. The molecule has 0 aliphatic carbocycles. The average Bonchev–Trinajstić information content (AvgIpc) is 2.30. The van der Waals surface area contributed by atoms with Crippen LogP contribution in [0.1, 0.15) is 60.3 Å². The van der Waals surface area contributed by atoms with Crippen molar-refractivity contribution >= 4 is 0 Å². The van der Waals surface area contributed by atoms with E-state index in [1.807, 2.05) is 19.2 Å². The minimum atomic E-state index is 0.755. The Labute approximate surface area is 103 Å². The standard InChI is InChI=1S/C7H12N2.C4H10.C3H8/c1-3-5-7-9-8-6-4-2;1-3-4-2;1-3-2/h1,4,6,8-9H,5,7H2,2H3;3-4H2,1-2H3;3H2,1-2H3/b6-4-;;. The van der Waals surface area contributed by atoms with E-state index in [1.54, 1.807) is 0 Å². The molecule has 0 atom stereocenters. The molecule has 2 heteroatoms. The summed E-state index contributed by atoms with van der Waals surface area (Å²) in [6.07, 6.45) is 13.4. The summed E-state index contributed by atoms with van der Waals surface area (Å²) in [5, 5.41) is 0. The molecule has 0 rings (SSSR count). The fourth-order valence-electron chi connectivity index (χ4n) is 0.349. The van der Waals surface area contributed by atoms with E-state index in [9.17, 15) is 0 Å². The Morgan fingerprint density at radius 1 is 1.12 bits per heavy atom. The molecule has 0 heterocycles. The van der Waals surface area contributed by atoms with Crippen molar-refractivity contribution in [3.63, 3.8) is 0 Å². The van der Waals surface area contributed by atoms with E-state index in [0.29, 0.717) is 0 Å². The molecule has 2 nitrogen and oxygen atoms in total. The number of hydrogen-bond donors (Lipinski definition) is 2. The van der Waals surface area contributed by atoms with Crippen molar-refractivity contribution in [2.24, 2.45) is 0 Å². The van der Waals surface area contributed by atoms with Gasteiger partial charge in [-0.15, -0.1) is 12.3 Å². The molecular formula is C14H30N2. The number of allylic oxidation sites excluding steroid dienone is 1. The second-order valence-electron chi connectivity index (χ2n) is 3.23. The van der Waals surface area contributed by atoms with Crippen molar-refractivity contribution in [2.45, 2.75) is 60.3 Å². The van der Waals surface area contributed by atoms with E-state index >= 15 is 0 Å². The van der Waals surface area contributed by atoms with Gasteiger partial charge in [0.25, 0.3) is 0 Å². The normalized spacial score (nSPS) is 8.25. The van der Waals surface area contributed by atoms with E-state index in [1.165, 1.54) is 19.3 Å². The van der Waals surface area contributed by atoms with Gasteiger partial charge in [-0.05, 0) is 6.92 Å². The molecule has 0 aromatic carbocycles. The summed E-state index contributed by atoms with van der Waals surface area (Å²) >= 11 is 0. The molecule has 0 aliphatic heterocycles. The fourth-order valence-corrected chi connectivity index (χ4v) is 0.349. The van der Waals surface area contributed by atoms with Crippen molar-refractivity contribution in [2.75, 3.05) is 6.54 Å². The molecule has 0 saturated carbocycles. The molecule has 0 aromatic rings. The lowest BCUT2D eigenvalue weighted by Gasteiger charge is -1.98. The third-order valence-electron chi connectivity index (χ3n) is 1.25. The predicted octanol–water partition coefficient (Wildman–Crippen LogP) is 3.86. The summed E-state index contributed by atoms with van der Waals surface area (Å²) in [7, 11) is 0. The van der Waals surface area contributed by atoms with Gasteiger partial charge < -0.3 is 5.43 Å². The summed E-state index contributed by atoms with van der Waals surface area (Å²) in [6, 6.07) is 0. The van der Waals surface area contributed by atoms with Crippen LogP contribution in [-0.2, 0) is 0 Å². The van der Waals surface area contributed by atoms with E-state index in [4.69, 9.17) is 6.42 Å². The van der Waals surface area contributed by atoms with Crippen molar-refractivity contribution in [1.29, 1.82) is 0 Å². The zero-order valence-corrected chi connectivity index (χ0v) is 11.8. The first-order valence-electron chi connectivity index (χ1n) is 6.27. The van der Waals surface area contributed by atoms with Crippen LogP contribution in [0.25, 0.3) is 0 Å². The predicted molar refractivity (Wildman–Crippen MR) is 75.9 cm³/mol. The zero-order valence-electron chi connectivity index (χ0n) is 11.8. The number of rotatable bonds is 5. The van der Waals surface area contributed by atoms with E-state index in [-0.39, 0.29) is 0 Å². The maximum absolute atomic E-state index is 5.01. The van der Waals surface area contributed by atoms with Crippen molar-refractivity contribution in [3.05, 3.63) is 12.3 Å². The molecule has 16 heavy (non-hydrogen) atoms. The summed E-state index contributed by atoms with van der Waals surface area (Å²) < 4.78 is 0. The minimum absolute atomic E-state index is 0.755. The largest absolute Gasteiger partial charge is 0.329 e. The van der Waals surface area contributed by atoms with Crippen LogP contribution in [0.2, 0.25) is 0 Å². The average molecular weight is 226 g/mol. The first-order valence-corrected chi connectivity index (χ1v) is 6.27. The third kappa shape index (κ3) is 51.7. The van der Waals surface area contributed by atoms with Gasteiger partial charge in [0.15, 0.2) is 0 Å². The minimum Gasteiger partial charge on any atom is -0.329 e. The number of hydrazine groups is 1. The molecule has 0 fully saturated rings. The van der Waals surface area contributed by atoms with Gasteiger partial charge in [0.2, 0.25) is 0 Å². The van der Waals surface area contributed by atoms with Crippen LogP contribution < -0.4 is 10.9 Å². The molecule has 0 aliphatic rings. The molecule has 2 N–H and O–H groups in total. The monoisotopic (exact) mass is 226 g/mol. The summed E-state index contributed by atoms with van der Waals surface area (Å²) in [4.78, 5) is 0. The van der Waals surface area contributed by atoms with E-state index < -0.39 is 0 Å². The van der Waals surface area contributed by atoms with Gasteiger partial charge in [-0.25, -0.2) is 5.43 Å². The third-order valence-corrected chi connectivity index (χ3v) is 1.25. The molecule has 96 valence electrons. The Kier molecular flexibility index (Phi) is 37.4. The Balaban J connectivity index is -0.000000201. The highest BCUT2D eigenvalue weighted by Crippen LogP contribution is 1.76. The molecule has 0 unspecified atom stereocenters. The lowest BCUT2D eigenvalue weighted by atomic mass is 10.4. The zero-order chi connectivity index (χ0) is 13.1. The van der Waals surface area contributed by atoms with Crippen LogP contribution in [0.3, 0.4) is 0 Å². The van der Waals surface area contributed by atoms with Crippen LogP contribution in [0, 0.1) is 12.3 Å². The Hall–Kier alpha value is -0.940. The van der Waals surface area contributed by atoms with Gasteiger partial charge in [0, 0.05) is 19.2 Å². The quantitative estimate of drug-likeness (QED) is 0.422. The maximum atomic E-state index is 5.01. The Bertz CT molecular complexity index is 143. The van der Waals surface area contributed by atoms with Gasteiger partial charge in [-0.1, -0.05) is 53.0 Å². The van der Waals surface area contributed by atoms with Crippen LogP contribution in [0.5, 0.6) is 0 Å². The molecule has 0 saturated heterocycles. The molecule has 0 spiro atoms. The highest BCUT2D eigenvalue weighted by atomic mass is 15.3. The number of unbranched alkanes of at least 4 members (excludes halogenated alkanes) is 1. The first-order chi connectivity index (χ1) is 7.74. The van der Waals surface area contributed by atoms with Gasteiger partial charge in [-0.3, -0.25) is 0 Å². The van der Waals surface area contributed by atoms with Crippen molar-refractivity contribution in [1.82, 2.24) is 10.9 Å². The second-order valence-corrected chi connectivity index (χ2v) is 3.23. The van der Waals surface area contributed by atoms with Crippen LogP contribution in [0.4, 0.5) is 0 Å². The molecule has 0 bridgehead atoms. The van der Waals surface area contributed by atoms with Gasteiger partial charge in [0.05, 0.1) is 0 Å². The van der Waals surface area contributed by atoms with E-state index in [2.05, 4.69) is 44.5 Å². The lowest BCUT2D eigenvalue weighted by Crippen LogP contribution is -2.27. The van der Waals surface area contributed by atoms with Crippen molar-refractivity contribution < 1.29 is 0 Å². The Morgan fingerprint density at radius 2 is 1.62 bits per heavy atom. The smallest absolute Gasteiger partial charge is 0.0257 e. The van der Waals surface area contributed by atoms with Crippen LogP contribution in [0.15, 0.2) is 12.3 Å². The molecule has 0 aromatic heterocycles. The highest BCUT2D eigenvalue weighted by Gasteiger charge is 1.74. The van der Waals surface area contributed by atoms with E-state index in [0.717, 1.165) is 13.0 Å². The van der Waals surface area contributed by atoms with Crippen LogP contribution >= 0.6 is 0 Å². The summed E-state index contributed by atoms with van der Waals surface area (Å²) in [6.45, 7) is 11.4. The fraction of sp³-hybridized carbons (Fsp3) is 0.714. The number of nitrogens with one attached hydrogen (secondary N) is 2. The number of hydrogen-bond acceptors (Lipinski definition) is 2. The van der Waals surface area contributed by atoms with Gasteiger partial charge >= 0.3 is 0 Å². The summed E-state index contributed by atoms with van der Waals surface area (Å²) in [5.41, 5.74) is 5.75. The lowest BCUT2D eigenvalue weighted by molar-refractivity contribution is 0.635. The molecular weight excluding hydrogens is 196 g/mol. The number of terminal acetylenes is 1. The summed E-state index contributed by atoms with van der Waals surface area (Å²) in [5.74, 6) is 2.52. The Morgan fingerprint density at radius 3 is 1.94 bits per heavy atom. The van der Waals surface area contributed by atoms with Gasteiger partial charge in [0.1, 0.15) is 0 Å². The van der Waals surface area contributed by atoms with Crippen LogP contribution in [-0.4, -0.2) is 6.54 Å². The SMILES string of the molecule is C#CCCNN/C=C\C.CCC.CCCC. The van der Waals surface area contributed by atoms with Gasteiger partial charge in [-0.2, -0.15) is 0 Å². The highest BCUT2D eigenvalue weighted by molar-refractivity contribution is 4.84.